The van der Waals surface area contributed by atoms with E-state index in [1.54, 1.807) is 12.1 Å². The summed E-state index contributed by atoms with van der Waals surface area (Å²) in [5.74, 6) is -1.40. The zero-order valence-corrected chi connectivity index (χ0v) is 10.9. The van der Waals surface area contributed by atoms with Gasteiger partial charge < -0.3 is 10.2 Å². The summed E-state index contributed by atoms with van der Waals surface area (Å²) in [6, 6.07) is 6.85. The lowest BCUT2D eigenvalue weighted by atomic mass is 10.1. The van der Waals surface area contributed by atoms with Gasteiger partial charge in [-0.1, -0.05) is 17.7 Å². The average molecular weight is 295 g/mol. The van der Waals surface area contributed by atoms with Crippen molar-refractivity contribution in [2.45, 2.75) is 6.42 Å². The van der Waals surface area contributed by atoms with Crippen LogP contribution in [-0.4, -0.2) is 4.98 Å². The Kier molecular flexibility index (Phi) is 3.06. The maximum atomic E-state index is 13.1. The fourth-order valence-corrected chi connectivity index (χ4v) is 2.07. The van der Waals surface area contributed by atoms with Crippen LogP contribution in [0, 0.1) is 11.6 Å². The third-order valence-corrected chi connectivity index (χ3v) is 3.22. The molecule has 3 aromatic rings. The summed E-state index contributed by atoms with van der Waals surface area (Å²) in [7, 11) is 0. The quantitative estimate of drug-likeness (QED) is 0.729. The number of anilines is 1. The van der Waals surface area contributed by atoms with E-state index in [1.807, 2.05) is 0 Å². The summed E-state index contributed by atoms with van der Waals surface area (Å²) in [5, 5.41) is 0.394. The van der Waals surface area contributed by atoms with Crippen LogP contribution >= 0.6 is 11.6 Å². The van der Waals surface area contributed by atoms with Gasteiger partial charge in [-0.15, -0.1) is 0 Å². The minimum Gasteiger partial charge on any atom is -0.440 e. The Labute approximate surface area is 118 Å². The van der Waals surface area contributed by atoms with Gasteiger partial charge in [0.1, 0.15) is 5.52 Å². The van der Waals surface area contributed by atoms with Crippen LogP contribution in [0.4, 0.5) is 14.5 Å². The maximum Gasteiger partial charge on any atom is 0.199 e. The van der Waals surface area contributed by atoms with Gasteiger partial charge in [-0.05, 0) is 23.8 Å². The molecule has 1 aromatic heterocycles. The molecule has 1 heterocycles. The fourth-order valence-electron chi connectivity index (χ4n) is 1.91. The standard InChI is InChI=1S/C14H9ClF2N2O/c15-8-5-12-13(6-11(8)18)20-14(19-12)4-7-1-2-9(16)10(17)3-7/h1-3,5-6H,4,18H2. The second kappa shape index (κ2) is 4.76. The normalized spacial score (nSPS) is 11.2. The molecule has 0 radical (unpaired) electrons. The van der Waals surface area contributed by atoms with Crippen molar-refractivity contribution < 1.29 is 13.2 Å². The molecule has 0 aliphatic rings. The molecule has 0 spiro atoms. The number of benzene rings is 2. The minimum atomic E-state index is -0.897. The third kappa shape index (κ3) is 2.32. The van der Waals surface area contributed by atoms with Gasteiger partial charge in [0.2, 0.25) is 0 Å². The van der Waals surface area contributed by atoms with Gasteiger partial charge in [0, 0.05) is 12.5 Å². The van der Waals surface area contributed by atoms with Crippen molar-refractivity contribution in [1.82, 2.24) is 4.98 Å². The highest BCUT2D eigenvalue weighted by Crippen LogP contribution is 2.27. The molecule has 20 heavy (non-hydrogen) atoms. The molecule has 0 saturated heterocycles. The molecular weight excluding hydrogens is 286 g/mol. The summed E-state index contributed by atoms with van der Waals surface area (Å²) in [6.07, 6.45) is 0.253. The molecule has 0 atom stereocenters. The van der Waals surface area contributed by atoms with Crippen molar-refractivity contribution in [3.63, 3.8) is 0 Å². The first-order valence-electron chi connectivity index (χ1n) is 5.81. The summed E-state index contributed by atoms with van der Waals surface area (Å²) in [6.45, 7) is 0. The van der Waals surface area contributed by atoms with Gasteiger partial charge in [-0.25, -0.2) is 13.8 Å². The van der Waals surface area contributed by atoms with Gasteiger partial charge in [0.25, 0.3) is 0 Å². The first kappa shape index (κ1) is 12.9. The molecule has 0 bridgehead atoms. The number of fused-ring (bicyclic) bond motifs is 1. The van der Waals surface area contributed by atoms with E-state index in [9.17, 15) is 8.78 Å². The van der Waals surface area contributed by atoms with Crippen LogP contribution in [0.15, 0.2) is 34.7 Å². The Morgan fingerprint density at radius 3 is 2.70 bits per heavy atom. The second-order valence-electron chi connectivity index (χ2n) is 4.37. The Hall–Kier alpha value is -2.14. The predicted molar refractivity (Wildman–Crippen MR) is 72.6 cm³/mol. The molecule has 2 aromatic carbocycles. The Balaban J connectivity index is 1.96. The van der Waals surface area contributed by atoms with Gasteiger partial charge >= 0.3 is 0 Å². The first-order chi connectivity index (χ1) is 9.52. The van der Waals surface area contributed by atoms with Gasteiger partial charge in [0.15, 0.2) is 23.1 Å². The Morgan fingerprint density at radius 1 is 1.15 bits per heavy atom. The predicted octanol–water partition coefficient (Wildman–Crippen LogP) is 3.93. The van der Waals surface area contributed by atoms with E-state index in [4.69, 9.17) is 21.8 Å². The summed E-state index contributed by atoms with van der Waals surface area (Å²) in [5.41, 5.74) is 7.71. The van der Waals surface area contributed by atoms with Gasteiger partial charge in [-0.3, -0.25) is 0 Å². The van der Waals surface area contributed by atoms with Crippen LogP contribution in [0.2, 0.25) is 5.02 Å². The highest BCUT2D eigenvalue weighted by molar-refractivity contribution is 6.33. The van der Waals surface area contributed by atoms with E-state index >= 15 is 0 Å². The van der Waals surface area contributed by atoms with Crippen molar-refractivity contribution >= 4 is 28.4 Å². The number of hydrogen-bond acceptors (Lipinski definition) is 3. The number of halogens is 3. The van der Waals surface area contributed by atoms with E-state index < -0.39 is 11.6 Å². The number of oxazole rings is 1. The number of nitrogens with zero attached hydrogens (tertiary/aromatic N) is 1. The maximum absolute atomic E-state index is 13.1. The highest BCUT2D eigenvalue weighted by Gasteiger charge is 2.10. The van der Waals surface area contributed by atoms with Crippen LogP contribution in [-0.2, 0) is 6.42 Å². The monoisotopic (exact) mass is 294 g/mol. The molecule has 0 aliphatic carbocycles. The van der Waals surface area contributed by atoms with E-state index in [0.717, 1.165) is 12.1 Å². The molecule has 0 amide bonds. The molecule has 6 heteroatoms. The lowest BCUT2D eigenvalue weighted by Crippen LogP contribution is -1.91. The van der Waals surface area contributed by atoms with Crippen LogP contribution < -0.4 is 5.73 Å². The van der Waals surface area contributed by atoms with Crippen molar-refractivity contribution in [2.75, 3.05) is 5.73 Å². The lowest BCUT2D eigenvalue weighted by molar-refractivity contribution is 0.505. The van der Waals surface area contributed by atoms with Crippen LogP contribution in [0.3, 0.4) is 0 Å². The largest absolute Gasteiger partial charge is 0.440 e. The van der Waals surface area contributed by atoms with E-state index in [-0.39, 0.29) is 6.42 Å². The van der Waals surface area contributed by atoms with Crippen LogP contribution in [0.5, 0.6) is 0 Å². The van der Waals surface area contributed by atoms with E-state index in [2.05, 4.69) is 4.98 Å². The van der Waals surface area contributed by atoms with E-state index in [1.165, 1.54) is 6.07 Å². The van der Waals surface area contributed by atoms with E-state index in [0.29, 0.717) is 33.3 Å². The second-order valence-corrected chi connectivity index (χ2v) is 4.78. The topological polar surface area (TPSA) is 52.0 Å². The number of hydrogen-bond donors (Lipinski definition) is 1. The fraction of sp³-hybridized carbons (Fsp3) is 0.0714. The zero-order chi connectivity index (χ0) is 14.3. The Morgan fingerprint density at radius 2 is 1.95 bits per heavy atom. The zero-order valence-electron chi connectivity index (χ0n) is 10.2. The molecular formula is C14H9ClF2N2O. The summed E-state index contributed by atoms with van der Waals surface area (Å²) >= 11 is 5.90. The molecule has 2 N–H and O–H groups in total. The molecule has 0 saturated carbocycles. The third-order valence-electron chi connectivity index (χ3n) is 2.89. The molecule has 0 aliphatic heterocycles. The van der Waals surface area contributed by atoms with Crippen LogP contribution in [0.25, 0.3) is 11.1 Å². The van der Waals surface area contributed by atoms with Gasteiger partial charge in [0.05, 0.1) is 10.7 Å². The van der Waals surface area contributed by atoms with Crippen molar-refractivity contribution in [1.29, 1.82) is 0 Å². The summed E-state index contributed by atoms with van der Waals surface area (Å²) in [4.78, 5) is 4.24. The van der Waals surface area contributed by atoms with Crippen molar-refractivity contribution in [3.8, 4) is 0 Å². The van der Waals surface area contributed by atoms with Crippen molar-refractivity contribution in [3.05, 3.63) is 58.4 Å². The van der Waals surface area contributed by atoms with Crippen LogP contribution in [0.1, 0.15) is 11.5 Å². The minimum absolute atomic E-state index is 0.253. The molecule has 3 nitrogen and oxygen atoms in total. The molecule has 3 rings (SSSR count). The highest BCUT2D eigenvalue weighted by atomic mass is 35.5. The average Bonchev–Trinajstić information content (AvgIpc) is 2.76. The smallest absolute Gasteiger partial charge is 0.199 e. The number of nitrogen functional groups attached to an aromatic ring is 1. The molecule has 0 fully saturated rings. The van der Waals surface area contributed by atoms with Gasteiger partial charge in [-0.2, -0.15) is 0 Å². The summed E-state index contributed by atoms with van der Waals surface area (Å²) < 4.78 is 31.5. The molecule has 0 unspecified atom stereocenters. The number of aromatic nitrogens is 1. The lowest BCUT2D eigenvalue weighted by Gasteiger charge is -1.98. The number of nitrogens with two attached hydrogens (primary N) is 1. The Bertz CT molecular complexity index is 762. The first-order valence-corrected chi connectivity index (χ1v) is 6.19. The SMILES string of the molecule is Nc1cc2oc(Cc3ccc(F)c(F)c3)nc2cc1Cl. The van der Waals surface area contributed by atoms with Crippen molar-refractivity contribution in [2.24, 2.45) is 0 Å². The molecule has 102 valence electrons. The number of rotatable bonds is 2.